The summed E-state index contributed by atoms with van der Waals surface area (Å²) in [7, 11) is 1.35. The number of nitrogens with zero attached hydrogens (tertiary/aromatic N) is 3. The highest BCUT2D eigenvalue weighted by Gasteiger charge is 2.21. The Morgan fingerprint density at radius 3 is 2.55 bits per heavy atom. The maximum atomic E-state index is 11.6. The minimum Gasteiger partial charge on any atom is -0.489 e. The van der Waals surface area contributed by atoms with Crippen LogP contribution < -0.4 is 9.64 Å². The Bertz CT molecular complexity index is 936. The minimum absolute atomic E-state index is 0.155. The first-order valence-electron chi connectivity index (χ1n) is 9.19. The summed E-state index contributed by atoms with van der Waals surface area (Å²) in [6.07, 6.45) is 5.02. The van der Waals surface area contributed by atoms with Crippen LogP contribution in [-0.4, -0.2) is 29.6 Å². The average molecular weight is 456 g/mol. The molecule has 0 spiro atoms. The highest BCUT2D eigenvalue weighted by molar-refractivity contribution is 9.09. The maximum absolute atomic E-state index is 11.6. The predicted molar refractivity (Wildman–Crippen MR) is 115 cm³/mol. The molecule has 3 rings (SSSR count). The van der Waals surface area contributed by atoms with Crippen molar-refractivity contribution in [3.8, 4) is 5.75 Å². The van der Waals surface area contributed by atoms with Gasteiger partial charge in [-0.2, -0.15) is 0 Å². The summed E-state index contributed by atoms with van der Waals surface area (Å²) in [5.74, 6) is 1.12. The quantitative estimate of drug-likeness (QED) is 0.277. The minimum atomic E-state index is -0.405. The second-order valence-electron chi connectivity index (χ2n) is 6.20. The van der Waals surface area contributed by atoms with Gasteiger partial charge in [0.15, 0.2) is 0 Å². The third-order valence-electron chi connectivity index (χ3n) is 4.40. The van der Waals surface area contributed by atoms with Crippen LogP contribution in [0.15, 0.2) is 67.1 Å². The molecule has 2 aromatic heterocycles. The van der Waals surface area contributed by atoms with Crippen molar-refractivity contribution in [2.75, 3.05) is 18.6 Å². The number of carbonyl (C=O) groups is 1. The number of rotatable bonds is 8. The summed E-state index contributed by atoms with van der Waals surface area (Å²) in [4.78, 5) is 22.0. The van der Waals surface area contributed by atoms with E-state index in [1.54, 1.807) is 18.5 Å². The van der Waals surface area contributed by atoms with Gasteiger partial charge in [-0.1, -0.05) is 34.1 Å². The fraction of sp³-hybridized carbons (Fsp3) is 0.227. The largest absolute Gasteiger partial charge is 0.489 e. The van der Waals surface area contributed by atoms with Crippen molar-refractivity contribution < 1.29 is 14.3 Å². The van der Waals surface area contributed by atoms with Gasteiger partial charge in [-0.15, -0.1) is 0 Å². The lowest BCUT2D eigenvalue weighted by Gasteiger charge is -2.29. The number of halogens is 1. The number of esters is 1. The summed E-state index contributed by atoms with van der Waals surface area (Å²) in [6, 6.07) is 15.3. The molecule has 3 aromatic rings. The van der Waals surface area contributed by atoms with E-state index in [1.807, 2.05) is 49.4 Å². The number of para-hydroxylation sites is 1. The van der Waals surface area contributed by atoms with Crippen LogP contribution in [0.5, 0.6) is 5.75 Å². The maximum Gasteiger partial charge on any atom is 0.339 e. The topological polar surface area (TPSA) is 64.6 Å². The Morgan fingerprint density at radius 2 is 1.90 bits per heavy atom. The van der Waals surface area contributed by atoms with Crippen molar-refractivity contribution in [3.05, 3.63) is 83.8 Å². The molecule has 0 saturated heterocycles. The summed E-state index contributed by atoms with van der Waals surface area (Å²) < 4.78 is 10.8. The van der Waals surface area contributed by atoms with Crippen molar-refractivity contribution in [1.29, 1.82) is 0 Å². The lowest BCUT2D eigenvalue weighted by Crippen LogP contribution is -2.26. The van der Waals surface area contributed by atoms with E-state index in [0.717, 1.165) is 22.7 Å². The number of ether oxygens (including phenoxy) is 2. The third kappa shape index (κ3) is 5.12. The molecular weight excluding hydrogens is 434 g/mol. The highest BCUT2D eigenvalue weighted by atomic mass is 79.9. The van der Waals surface area contributed by atoms with Gasteiger partial charge < -0.3 is 14.4 Å². The molecule has 2 heterocycles. The van der Waals surface area contributed by atoms with Crippen LogP contribution in [-0.2, 0) is 11.3 Å². The molecule has 0 radical (unpaired) electrons. The zero-order valence-corrected chi connectivity index (χ0v) is 17.9. The average Bonchev–Trinajstić information content (AvgIpc) is 2.79. The van der Waals surface area contributed by atoms with Crippen LogP contribution >= 0.6 is 15.9 Å². The molecule has 7 heteroatoms. The Labute approximate surface area is 178 Å². The normalized spacial score (nSPS) is 11.6. The van der Waals surface area contributed by atoms with Crippen molar-refractivity contribution >= 4 is 27.7 Å². The molecule has 0 N–H and O–H groups in total. The van der Waals surface area contributed by atoms with E-state index < -0.39 is 5.97 Å². The molecule has 29 heavy (non-hydrogen) atoms. The van der Waals surface area contributed by atoms with Crippen molar-refractivity contribution in [3.63, 3.8) is 0 Å². The smallest absolute Gasteiger partial charge is 0.339 e. The van der Waals surface area contributed by atoms with E-state index in [0.29, 0.717) is 18.7 Å². The van der Waals surface area contributed by atoms with Crippen molar-refractivity contribution in [1.82, 2.24) is 9.97 Å². The van der Waals surface area contributed by atoms with Gasteiger partial charge in [0.1, 0.15) is 23.1 Å². The first-order valence-corrected chi connectivity index (χ1v) is 10.1. The monoisotopic (exact) mass is 455 g/mol. The fourth-order valence-electron chi connectivity index (χ4n) is 2.85. The zero-order chi connectivity index (χ0) is 20.6. The molecule has 6 nitrogen and oxygen atoms in total. The molecule has 1 aromatic carbocycles. The fourth-order valence-corrected chi connectivity index (χ4v) is 3.73. The number of hydrogen-bond donors (Lipinski definition) is 0. The van der Waals surface area contributed by atoms with Gasteiger partial charge in [0.05, 0.1) is 12.7 Å². The molecule has 0 saturated carbocycles. The van der Waals surface area contributed by atoms with E-state index in [9.17, 15) is 4.79 Å². The predicted octanol–water partition coefficient (Wildman–Crippen LogP) is 4.76. The molecule has 0 aliphatic carbocycles. The molecule has 1 atom stereocenters. The number of aromatic nitrogens is 2. The van der Waals surface area contributed by atoms with Crippen LogP contribution in [0.3, 0.4) is 0 Å². The Kier molecular flexibility index (Phi) is 7.19. The number of hydrogen-bond acceptors (Lipinski definition) is 6. The van der Waals surface area contributed by atoms with Gasteiger partial charge >= 0.3 is 5.97 Å². The molecule has 0 fully saturated rings. The van der Waals surface area contributed by atoms with E-state index >= 15 is 0 Å². The van der Waals surface area contributed by atoms with Gasteiger partial charge in [0.2, 0.25) is 0 Å². The second kappa shape index (κ2) is 10.0. The SMILES string of the molecule is CCN(c1ccc(C(=O)OC)cn1)C(Br)c1ccccc1OCc1ccncc1. The number of anilines is 1. The summed E-state index contributed by atoms with van der Waals surface area (Å²) in [5.41, 5.74) is 2.45. The van der Waals surface area contributed by atoms with Crippen LogP contribution in [0.25, 0.3) is 0 Å². The Morgan fingerprint density at radius 1 is 1.14 bits per heavy atom. The summed E-state index contributed by atoms with van der Waals surface area (Å²) in [6.45, 7) is 3.21. The second-order valence-corrected chi connectivity index (χ2v) is 7.07. The number of methoxy groups -OCH3 is 1. The Hall–Kier alpha value is -2.93. The number of pyridine rings is 2. The van der Waals surface area contributed by atoms with Crippen molar-refractivity contribution in [2.24, 2.45) is 0 Å². The molecule has 0 bridgehead atoms. The van der Waals surface area contributed by atoms with Gasteiger partial charge in [0.25, 0.3) is 0 Å². The molecular formula is C22H22BrN3O3. The first kappa shape index (κ1) is 20.8. The van der Waals surface area contributed by atoms with Gasteiger partial charge in [-0.05, 0) is 42.8 Å². The molecule has 1 unspecified atom stereocenters. The molecule has 0 aliphatic heterocycles. The van der Waals surface area contributed by atoms with Gasteiger partial charge in [-0.25, -0.2) is 9.78 Å². The molecule has 150 valence electrons. The van der Waals surface area contributed by atoms with E-state index in [2.05, 4.69) is 30.8 Å². The first-order chi connectivity index (χ1) is 14.1. The third-order valence-corrected chi connectivity index (χ3v) is 5.38. The number of benzene rings is 1. The van der Waals surface area contributed by atoms with E-state index in [-0.39, 0.29) is 4.95 Å². The highest BCUT2D eigenvalue weighted by Crippen LogP contribution is 2.36. The van der Waals surface area contributed by atoms with Gasteiger partial charge in [0, 0.05) is 30.7 Å². The number of carbonyl (C=O) groups excluding carboxylic acids is 1. The standard InChI is InChI=1S/C22H22BrN3O3/c1-3-26(20-9-8-17(14-25-20)22(27)28-2)21(23)18-6-4-5-7-19(18)29-15-16-10-12-24-13-11-16/h4-14,21H,3,15H2,1-2H3. The molecule has 0 amide bonds. The van der Waals surface area contributed by atoms with E-state index in [1.165, 1.54) is 13.3 Å². The lowest BCUT2D eigenvalue weighted by atomic mass is 10.1. The van der Waals surface area contributed by atoms with Gasteiger partial charge in [-0.3, -0.25) is 4.98 Å². The van der Waals surface area contributed by atoms with Crippen LogP contribution in [0, 0.1) is 0 Å². The summed E-state index contributed by atoms with van der Waals surface area (Å²) >= 11 is 3.79. The summed E-state index contributed by atoms with van der Waals surface area (Å²) in [5, 5.41) is 0. The van der Waals surface area contributed by atoms with Crippen molar-refractivity contribution in [2.45, 2.75) is 18.5 Å². The van der Waals surface area contributed by atoms with Crippen LogP contribution in [0.2, 0.25) is 0 Å². The Balaban J connectivity index is 1.80. The van der Waals surface area contributed by atoms with Crippen LogP contribution in [0.1, 0.15) is 33.4 Å². The lowest BCUT2D eigenvalue weighted by molar-refractivity contribution is 0.0600. The molecule has 0 aliphatic rings. The zero-order valence-electron chi connectivity index (χ0n) is 16.3. The number of alkyl halides is 1. The van der Waals surface area contributed by atoms with Crippen LogP contribution in [0.4, 0.5) is 5.82 Å². The van der Waals surface area contributed by atoms with E-state index in [4.69, 9.17) is 9.47 Å².